The lowest BCUT2D eigenvalue weighted by atomic mass is 10.1. The van der Waals surface area contributed by atoms with Crippen LogP contribution < -0.4 is 10.1 Å². The second-order valence-corrected chi connectivity index (χ2v) is 7.95. The van der Waals surface area contributed by atoms with E-state index in [4.69, 9.17) is 16.3 Å². The van der Waals surface area contributed by atoms with Gasteiger partial charge in [-0.05, 0) is 54.1 Å². The van der Waals surface area contributed by atoms with Crippen LogP contribution >= 0.6 is 11.6 Å². The fourth-order valence-electron chi connectivity index (χ4n) is 3.59. The van der Waals surface area contributed by atoms with E-state index in [1.165, 1.54) is 0 Å². The highest BCUT2D eigenvalue weighted by Gasteiger charge is 2.16. The number of hydrogen-bond donors (Lipinski definition) is 2. The van der Waals surface area contributed by atoms with Crippen molar-refractivity contribution in [3.63, 3.8) is 0 Å². The first-order chi connectivity index (χ1) is 16.2. The molecule has 5 aromatic rings. The van der Waals surface area contributed by atoms with Crippen LogP contribution in [0.25, 0.3) is 22.4 Å². The summed E-state index contributed by atoms with van der Waals surface area (Å²) in [5.74, 6) is 0.941. The maximum Gasteiger partial charge on any atom is 0.259 e. The van der Waals surface area contributed by atoms with E-state index in [2.05, 4.69) is 15.3 Å². The zero-order valence-corrected chi connectivity index (χ0v) is 18.3. The SMILES string of the molecule is O=C(Nc1ccccc1-c1nc2ccccc2[nH]1)c1ccccc1OCc1ccc(Cl)cc1. The minimum atomic E-state index is -0.259. The molecule has 5 rings (SSSR count). The first kappa shape index (κ1) is 20.8. The van der Waals surface area contributed by atoms with E-state index >= 15 is 0 Å². The number of fused-ring (bicyclic) bond motifs is 1. The Morgan fingerprint density at radius 1 is 0.879 bits per heavy atom. The van der Waals surface area contributed by atoms with Gasteiger partial charge in [0.15, 0.2) is 0 Å². The van der Waals surface area contributed by atoms with Crippen molar-refractivity contribution in [2.75, 3.05) is 5.32 Å². The van der Waals surface area contributed by atoms with E-state index < -0.39 is 0 Å². The molecule has 0 fully saturated rings. The van der Waals surface area contributed by atoms with E-state index in [9.17, 15) is 4.79 Å². The van der Waals surface area contributed by atoms with Crippen LogP contribution in [0.3, 0.4) is 0 Å². The molecule has 0 radical (unpaired) electrons. The van der Waals surface area contributed by atoms with Crippen LogP contribution in [0, 0.1) is 0 Å². The Kier molecular flexibility index (Phi) is 5.79. The number of benzene rings is 4. The van der Waals surface area contributed by atoms with Gasteiger partial charge in [-0.15, -0.1) is 0 Å². The topological polar surface area (TPSA) is 67.0 Å². The smallest absolute Gasteiger partial charge is 0.259 e. The molecular weight excluding hydrogens is 434 g/mol. The van der Waals surface area contributed by atoms with E-state index in [1.54, 1.807) is 12.1 Å². The summed E-state index contributed by atoms with van der Waals surface area (Å²) in [4.78, 5) is 21.2. The average Bonchev–Trinajstić information content (AvgIpc) is 3.28. The summed E-state index contributed by atoms with van der Waals surface area (Å²) in [5, 5.41) is 3.69. The fourth-order valence-corrected chi connectivity index (χ4v) is 3.72. The number of carbonyl (C=O) groups excluding carboxylic acids is 1. The van der Waals surface area contributed by atoms with Crippen molar-refractivity contribution in [3.8, 4) is 17.1 Å². The number of nitrogens with zero attached hydrogens (tertiary/aromatic N) is 1. The number of halogens is 1. The fraction of sp³-hybridized carbons (Fsp3) is 0.0370. The summed E-state index contributed by atoms with van der Waals surface area (Å²) in [6.45, 7) is 0.330. The predicted molar refractivity (Wildman–Crippen MR) is 132 cm³/mol. The number of H-pyrrole nitrogens is 1. The largest absolute Gasteiger partial charge is 0.488 e. The van der Waals surface area contributed by atoms with Crippen molar-refractivity contribution < 1.29 is 9.53 Å². The molecule has 0 spiro atoms. The molecule has 0 bridgehead atoms. The van der Waals surface area contributed by atoms with Crippen LogP contribution in [0.2, 0.25) is 5.02 Å². The standard InChI is InChI=1S/C27H20ClN3O2/c28-19-15-13-18(14-16-19)17-33-25-12-6-2-8-21(25)27(32)31-22-9-3-1-7-20(22)26-29-23-10-4-5-11-24(23)30-26/h1-16H,17H2,(H,29,30)(H,31,32). The highest BCUT2D eigenvalue weighted by atomic mass is 35.5. The van der Waals surface area contributed by atoms with E-state index in [0.29, 0.717) is 34.5 Å². The second-order valence-electron chi connectivity index (χ2n) is 7.51. The average molecular weight is 454 g/mol. The maximum absolute atomic E-state index is 13.2. The molecule has 1 aromatic heterocycles. The Labute approximate surface area is 196 Å². The highest BCUT2D eigenvalue weighted by Crippen LogP contribution is 2.29. The van der Waals surface area contributed by atoms with Gasteiger partial charge in [-0.25, -0.2) is 4.98 Å². The molecule has 0 saturated carbocycles. The van der Waals surface area contributed by atoms with E-state index in [-0.39, 0.29) is 5.91 Å². The molecule has 1 amide bonds. The number of rotatable bonds is 6. The monoisotopic (exact) mass is 453 g/mol. The molecule has 33 heavy (non-hydrogen) atoms. The number of imidazole rings is 1. The highest BCUT2D eigenvalue weighted by molar-refractivity contribution is 6.30. The van der Waals surface area contributed by atoms with Crippen LogP contribution in [0.4, 0.5) is 5.69 Å². The van der Waals surface area contributed by atoms with Crippen LogP contribution in [0.15, 0.2) is 97.1 Å². The van der Waals surface area contributed by atoms with Crippen molar-refractivity contribution in [1.29, 1.82) is 0 Å². The van der Waals surface area contributed by atoms with Gasteiger partial charge in [0, 0.05) is 10.6 Å². The van der Waals surface area contributed by atoms with Crippen LogP contribution in [0.5, 0.6) is 5.75 Å². The van der Waals surface area contributed by atoms with Gasteiger partial charge >= 0.3 is 0 Å². The van der Waals surface area contributed by atoms with Gasteiger partial charge in [0.25, 0.3) is 5.91 Å². The number of hydrogen-bond acceptors (Lipinski definition) is 3. The van der Waals surface area contributed by atoms with Gasteiger partial charge in [-0.3, -0.25) is 4.79 Å². The van der Waals surface area contributed by atoms with Crippen LogP contribution in [-0.4, -0.2) is 15.9 Å². The Balaban J connectivity index is 1.39. The number of ether oxygens (including phenoxy) is 1. The van der Waals surface area contributed by atoms with Crippen molar-refractivity contribution in [2.45, 2.75) is 6.61 Å². The molecule has 4 aromatic carbocycles. The van der Waals surface area contributed by atoms with Gasteiger partial charge in [0.05, 0.1) is 22.3 Å². The lowest BCUT2D eigenvalue weighted by Crippen LogP contribution is -2.14. The first-order valence-corrected chi connectivity index (χ1v) is 10.9. The molecule has 1 heterocycles. The Hall–Kier alpha value is -4.09. The third-order valence-electron chi connectivity index (χ3n) is 5.26. The van der Waals surface area contributed by atoms with E-state index in [0.717, 1.165) is 22.2 Å². The summed E-state index contributed by atoms with van der Waals surface area (Å²) < 4.78 is 5.95. The molecule has 2 N–H and O–H groups in total. The minimum absolute atomic E-state index is 0.259. The predicted octanol–water partition coefficient (Wildman–Crippen LogP) is 6.71. The van der Waals surface area contributed by atoms with Crippen molar-refractivity contribution in [2.24, 2.45) is 0 Å². The van der Waals surface area contributed by atoms with Gasteiger partial charge in [-0.1, -0.05) is 60.1 Å². The third-order valence-corrected chi connectivity index (χ3v) is 5.51. The summed E-state index contributed by atoms with van der Waals surface area (Å²) in [6, 6.07) is 30.0. The van der Waals surface area contributed by atoms with Gasteiger partial charge in [-0.2, -0.15) is 0 Å². The summed E-state index contributed by atoms with van der Waals surface area (Å²) in [6.07, 6.45) is 0. The molecule has 0 aliphatic carbocycles. The number of anilines is 1. The molecule has 162 valence electrons. The molecule has 6 heteroatoms. The van der Waals surface area contributed by atoms with Gasteiger partial charge < -0.3 is 15.0 Å². The normalized spacial score (nSPS) is 10.8. The molecule has 0 unspecified atom stereocenters. The number of nitrogens with one attached hydrogen (secondary N) is 2. The zero-order chi connectivity index (χ0) is 22.6. The minimum Gasteiger partial charge on any atom is -0.488 e. The Bertz CT molecular complexity index is 1390. The molecule has 0 atom stereocenters. The quantitative estimate of drug-likeness (QED) is 0.300. The number of aromatic amines is 1. The van der Waals surface area contributed by atoms with Gasteiger partial charge in [0.1, 0.15) is 18.2 Å². The second kappa shape index (κ2) is 9.18. The zero-order valence-electron chi connectivity index (χ0n) is 17.6. The molecule has 0 aliphatic heterocycles. The molecule has 0 aliphatic rings. The summed E-state index contributed by atoms with van der Waals surface area (Å²) >= 11 is 5.95. The number of amides is 1. The molecule has 5 nitrogen and oxygen atoms in total. The van der Waals surface area contributed by atoms with Crippen molar-refractivity contribution in [3.05, 3.63) is 113 Å². The van der Waals surface area contributed by atoms with E-state index in [1.807, 2.05) is 84.9 Å². The number of para-hydroxylation sites is 4. The summed E-state index contributed by atoms with van der Waals surface area (Å²) in [5.41, 5.74) is 4.69. The Morgan fingerprint density at radius 3 is 2.45 bits per heavy atom. The van der Waals surface area contributed by atoms with Crippen molar-refractivity contribution in [1.82, 2.24) is 9.97 Å². The van der Waals surface area contributed by atoms with Crippen LogP contribution in [0.1, 0.15) is 15.9 Å². The number of carbonyl (C=O) groups is 1. The molecule has 0 saturated heterocycles. The summed E-state index contributed by atoms with van der Waals surface area (Å²) in [7, 11) is 0. The lowest BCUT2D eigenvalue weighted by molar-refractivity contribution is 0.102. The number of aromatic nitrogens is 2. The lowest BCUT2D eigenvalue weighted by Gasteiger charge is -2.13. The Morgan fingerprint density at radius 2 is 1.61 bits per heavy atom. The third kappa shape index (κ3) is 4.59. The van der Waals surface area contributed by atoms with Gasteiger partial charge in [0.2, 0.25) is 0 Å². The maximum atomic E-state index is 13.2. The first-order valence-electron chi connectivity index (χ1n) is 10.5. The van der Waals surface area contributed by atoms with Crippen LogP contribution in [-0.2, 0) is 6.61 Å². The molecular formula is C27H20ClN3O2. The van der Waals surface area contributed by atoms with Crippen molar-refractivity contribution >= 4 is 34.2 Å².